The third kappa shape index (κ3) is 5.48. The number of carbonyl (C=O) groups excluding carboxylic acids is 2. The van der Waals surface area contributed by atoms with Crippen LogP contribution in [-0.4, -0.2) is 98.0 Å². The Labute approximate surface area is 291 Å². The van der Waals surface area contributed by atoms with E-state index in [1.165, 1.54) is 24.4 Å². The molecule has 3 fully saturated rings. The number of benzene rings is 2. The molecule has 12 nitrogen and oxygen atoms in total. The molecular weight excluding hydrogens is 662 g/mol. The van der Waals surface area contributed by atoms with Crippen LogP contribution < -0.4 is 14.4 Å². The predicted molar refractivity (Wildman–Crippen MR) is 182 cm³/mol. The molecule has 3 aromatic rings. The number of rotatable bonds is 8. The number of urea groups is 1. The van der Waals surface area contributed by atoms with Crippen LogP contribution in [0.2, 0.25) is 0 Å². The summed E-state index contributed by atoms with van der Waals surface area (Å²) < 4.78 is 48.6. The molecule has 1 aromatic heterocycles. The van der Waals surface area contributed by atoms with E-state index in [-0.39, 0.29) is 45.2 Å². The van der Waals surface area contributed by atoms with E-state index in [4.69, 9.17) is 4.74 Å². The summed E-state index contributed by atoms with van der Waals surface area (Å²) in [6.45, 7) is 11.3. The Morgan fingerprint density at radius 2 is 1.78 bits per heavy atom. The molecule has 50 heavy (non-hydrogen) atoms. The first kappa shape index (κ1) is 33.9. The van der Waals surface area contributed by atoms with Gasteiger partial charge in [0.2, 0.25) is 5.88 Å². The van der Waals surface area contributed by atoms with Crippen molar-refractivity contribution in [1.29, 1.82) is 5.26 Å². The molecule has 1 spiro atoms. The van der Waals surface area contributed by atoms with Gasteiger partial charge in [-0.1, -0.05) is 0 Å². The molecule has 3 saturated heterocycles. The number of ether oxygens (including phenoxy) is 1. The van der Waals surface area contributed by atoms with E-state index in [2.05, 4.69) is 40.0 Å². The van der Waals surface area contributed by atoms with Gasteiger partial charge in [-0.25, -0.2) is 22.6 Å². The molecule has 14 heteroatoms. The number of piperidine rings is 1. The van der Waals surface area contributed by atoms with Gasteiger partial charge in [0.15, 0.2) is 5.54 Å². The highest BCUT2D eigenvalue weighted by molar-refractivity contribution is 7.93. The lowest BCUT2D eigenvalue weighted by Gasteiger charge is -2.62. The minimum Gasteiger partial charge on any atom is -0.478 e. The van der Waals surface area contributed by atoms with Crippen molar-refractivity contribution < 1.29 is 27.1 Å². The van der Waals surface area contributed by atoms with E-state index in [1.807, 2.05) is 0 Å². The molecule has 3 amide bonds. The van der Waals surface area contributed by atoms with Gasteiger partial charge in [0.1, 0.15) is 5.82 Å². The average molecular weight is 702 g/mol. The second-order valence-corrected chi connectivity index (χ2v) is 15.8. The van der Waals surface area contributed by atoms with Crippen LogP contribution in [0.3, 0.4) is 0 Å². The maximum atomic E-state index is 14.9. The molecule has 0 unspecified atom stereocenters. The smallest absolute Gasteiger partial charge is 0.318 e. The number of pyridine rings is 1. The van der Waals surface area contributed by atoms with Gasteiger partial charge in [-0.3, -0.25) is 9.69 Å². The molecule has 4 aliphatic rings. The molecule has 4 aliphatic heterocycles. The zero-order chi connectivity index (χ0) is 35.4. The lowest BCUT2D eigenvalue weighted by atomic mass is 9.71. The molecule has 1 atom stereocenters. The minimum absolute atomic E-state index is 0.0243. The van der Waals surface area contributed by atoms with Crippen molar-refractivity contribution >= 4 is 27.6 Å². The van der Waals surface area contributed by atoms with Crippen molar-refractivity contribution in [2.45, 2.75) is 56.1 Å². The van der Waals surface area contributed by atoms with Crippen LogP contribution in [-0.2, 0) is 20.4 Å². The summed E-state index contributed by atoms with van der Waals surface area (Å²) >= 11 is 0. The topological polar surface area (TPSA) is 139 Å². The summed E-state index contributed by atoms with van der Waals surface area (Å²) in [6, 6.07) is 14.0. The quantitative estimate of drug-likeness (QED) is 0.373. The number of anilines is 1. The highest BCUT2D eigenvalue weighted by Crippen LogP contribution is 2.50. The van der Waals surface area contributed by atoms with Gasteiger partial charge in [-0.2, -0.15) is 9.57 Å². The Morgan fingerprint density at radius 3 is 2.42 bits per heavy atom. The summed E-state index contributed by atoms with van der Waals surface area (Å²) in [4.78, 5) is 39.8. The van der Waals surface area contributed by atoms with E-state index in [0.29, 0.717) is 29.5 Å². The van der Waals surface area contributed by atoms with Crippen LogP contribution in [0.4, 0.5) is 14.9 Å². The van der Waals surface area contributed by atoms with Crippen molar-refractivity contribution in [2.75, 3.05) is 50.2 Å². The van der Waals surface area contributed by atoms with Crippen molar-refractivity contribution in [3.63, 3.8) is 0 Å². The van der Waals surface area contributed by atoms with E-state index in [1.54, 1.807) is 24.0 Å². The Balaban J connectivity index is 1.21. The van der Waals surface area contributed by atoms with E-state index in [0.717, 1.165) is 63.3 Å². The number of fused-ring (bicyclic) bond motifs is 1. The fourth-order valence-corrected chi connectivity index (χ4v) is 9.44. The summed E-state index contributed by atoms with van der Waals surface area (Å²) in [5.74, 6) is -1.63. The number of halogens is 1. The maximum absolute atomic E-state index is 14.9. The Morgan fingerprint density at radius 1 is 1.08 bits per heavy atom. The Hall–Kier alpha value is -4.58. The second kappa shape index (κ2) is 12.6. The SMILES string of the molecule is CCOc1ncccc1[C@@]1(NC(=O)N2CC3(C2)CN(C2CCN(C(C)C)CC2)C3)C(=O)N(S(=O)(=O)c2ccc(F)cc2)c2ccc(C#N)cc21. The van der Waals surface area contributed by atoms with Gasteiger partial charge in [0.25, 0.3) is 15.9 Å². The Bertz CT molecular complexity index is 1960. The summed E-state index contributed by atoms with van der Waals surface area (Å²) in [5, 5.41) is 12.8. The van der Waals surface area contributed by atoms with Gasteiger partial charge in [0.05, 0.1) is 34.4 Å². The van der Waals surface area contributed by atoms with Gasteiger partial charge < -0.3 is 19.9 Å². The summed E-state index contributed by atoms with van der Waals surface area (Å²) in [7, 11) is -4.63. The van der Waals surface area contributed by atoms with Gasteiger partial charge in [-0.15, -0.1) is 0 Å². The van der Waals surface area contributed by atoms with Crippen molar-refractivity contribution in [3.8, 4) is 11.9 Å². The van der Waals surface area contributed by atoms with Crippen LogP contribution in [0.5, 0.6) is 5.88 Å². The molecular formula is C36H40FN7O5S. The van der Waals surface area contributed by atoms with Gasteiger partial charge in [-0.05, 0) is 101 Å². The van der Waals surface area contributed by atoms with Crippen LogP contribution in [0.1, 0.15) is 50.3 Å². The van der Waals surface area contributed by atoms with Crippen LogP contribution in [0.25, 0.3) is 0 Å². The summed E-state index contributed by atoms with van der Waals surface area (Å²) in [5.41, 5.74) is -1.88. The monoisotopic (exact) mass is 701 g/mol. The minimum atomic E-state index is -4.63. The normalized spacial score (nSPS) is 22.2. The fraction of sp³-hybridized carbons (Fsp3) is 0.444. The molecule has 0 aliphatic carbocycles. The van der Waals surface area contributed by atoms with Crippen molar-refractivity contribution in [3.05, 3.63) is 83.3 Å². The second-order valence-electron chi connectivity index (χ2n) is 14.0. The Kier molecular flexibility index (Phi) is 8.56. The number of nitriles is 1. The maximum Gasteiger partial charge on any atom is 0.318 e. The first-order chi connectivity index (χ1) is 23.9. The zero-order valence-electron chi connectivity index (χ0n) is 28.3. The highest BCUT2D eigenvalue weighted by atomic mass is 32.2. The van der Waals surface area contributed by atoms with Crippen LogP contribution in [0, 0.1) is 22.6 Å². The van der Waals surface area contributed by atoms with Gasteiger partial charge in [0, 0.05) is 55.4 Å². The number of hydrogen-bond donors (Lipinski definition) is 1. The van der Waals surface area contributed by atoms with Crippen molar-refractivity contribution in [2.24, 2.45) is 5.41 Å². The number of amides is 3. The van der Waals surface area contributed by atoms with E-state index in [9.17, 15) is 27.7 Å². The zero-order valence-corrected chi connectivity index (χ0v) is 29.1. The number of likely N-dealkylation sites (tertiary alicyclic amines) is 3. The lowest BCUT2D eigenvalue weighted by Crippen LogP contribution is -2.76. The third-order valence-electron chi connectivity index (χ3n) is 10.5. The molecule has 7 rings (SSSR count). The van der Waals surface area contributed by atoms with Crippen molar-refractivity contribution in [1.82, 2.24) is 25.0 Å². The number of nitrogens with one attached hydrogen (secondary N) is 1. The number of sulfonamides is 1. The van der Waals surface area contributed by atoms with Gasteiger partial charge >= 0.3 is 6.03 Å². The largest absolute Gasteiger partial charge is 0.478 e. The number of nitrogens with zero attached hydrogens (tertiary/aromatic N) is 6. The van der Waals surface area contributed by atoms with Crippen LogP contribution in [0.15, 0.2) is 65.7 Å². The first-order valence-electron chi connectivity index (χ1n) is 17.0. The molecule has 1 N–H and O–H groups in total. The molecule has 0 saturated carbocycles. The highest BCUT2D eigenvalue weighted by Gasteiger charge is 2.61. The standard InChI is InChI=1S/C36H40FN7O5S/c1-4-49-32-29(6-5-15-39-32)36(40-34(46)43-22-35(23-43)20-42(21-35)27-13-16-41(17-14-27)24(2)3)30-18-25(19-38)7-12-31(30)44(33(36)45)50(47,48)28-10-8-26(37)9-11-28/h5-12,15,18,24,27H,4,13-14,16-17,20-23H2,1-3H3,(H,40,46)/t36-/m0/s1. The molecule has 2 aromatic carbocycles. The molecule has 0 radical (unpaired) electrons. The lowest BCUT2D eigenvalue weighted by molar-refractivity contribution is -0.124. The first-order valence-corrected chi connectivity index (χ1v) is 18.4. The predicted octanol–water partition coefficient (Wildman–Crippen LogP) is 3.67. The third-order valence-corrected chi connectivity index (χ3v) is 12.2. The average Bonchev–Trinajstić information content (AvgIpc) is 3.31. The number of aromatic nitrogens is 1. The molecule has 0 bridgehead atoms. The number of carbonyl (C=O) groups is 2. The molecule has 5 heterocycles. The fourth-order valence-electron chi connectivity index (χ4n) is 7.97. The summed E-state index contributed by atoms with van der Waals surface area (Å²) in [6.07, 6.45) is 3.72. The number of hydrogen-bond acceptors (Lipinski definition) is 9. The van der Waals surface area contributed by atoms with E-state index >= 15 is 0 Å². The van der Waals surface area contributed by atoms with Crippen LogP contribution >= 0.6 is 0 Å². The molecule has 262 valence electrons. The van der Waals surface area contributed by atoms with E-state index < -0.39 is 33.3 Å².